The first-order valence-corrected chi connectivity index (χ1v) is 8.35. The van der Waals surface area contributed by atoms with Gasteiger partial charge in [0.2, 0.25) is 0 Å². The second-order valence-electron chi connectivity index (χ2n) is 6.36. The molecule has 0 saturated carbocycles. The summed E-state index contributed by atoms with van der Waals surface area (Å²) < 4.78 is 1.90. The smallest absolute Gasteiger partial charge is 0.270 e. The van der Waals surface area contributed by atoms with Crippen molar-refractivity contribution in [3.63, 3.8) is 0 Å². The molecule has 2 aromatic rings. The normalized spacial score (nSPS) is 18.1. The second kappa shape index (κ2) is 6.90. The summed E-state index contributed by atoms with van der Waals surface area (Å²) in [6, 6.07) is 11.5. The molecule has 1 N–H and O–H groups in total. The number of likely N-dealkylation sites (tertiary alicyclic amines) is 1. The van der Waals surface area contributed by atoms with Gasteiger partial charge in [0.25, 0.3) is 5.91 Å². The van der Waals surface area contributed by atoms with Crippen LogP contribution in [0.4, 0.5) is 0 Å². The zero-order valence-corrected chi connectivity index (χ0v) is 13.6. The van der Waals surface area contributed by atoms with Crippen LogP contribution in [0.5, 0.6) is 5.75 Å². The fraction of sp³-hybridized carbons (Fsp3) is 0.421. The number of aromatic nitrogens is 1. The van der Waals surface area contributed by atoms with Crippen molar-refractivity contribution in [2.45, 2.75) is 38.1 Å². The zero-order chi connectivity index (χ0) is 16.2. The fourth-order valence-corrected chi connectivity index (χ4v) is 3.39. The molecular formula is C19H24N2O2. The number of carbonyl (C=O) groups excluding carboxylic acids is 1. The Balaban J connectivity index is 1.67. The topological polar surface area (TPSA) is 45.5 Å². The lowest BCUT2D eigenvalue weighted by Crippen LogP contribution is -2.44. The number of amides is 1. The number of nitrogens with zero attached hydrogens (tertiary/aromatic N) is 2. The molecule has 1 amide bonds. The molecule has 1 fully saturated rings. The molecular weight excluding hydrogens is 288 g/mol. The molecule has 0 radical (unpaired) electrons. The number of piperidine rings is 1. The van der Waals surface area contributed by atoms with Crippen LogP contribution in [-0.2, 0) is 13.5 Å². The number of hydrogen-bond acceptors (Lipinski definition) is 2. The van der Waals surface area contributed by atoms with E-state index in [1.165, 1.54) is 12.0 Å². The van der Waals surface area contributed by atoms with Crippen LogP contribution in [0.3, 0.4) is 0 Å². The van der Waals surface area contributed by atoms with Crippen molar-refractivity contribution in [1.82, 2.24) is 9.47 Å². The molecule has 1 aromatic carbocycles. The van der Waals surface area contributed by atoms with Crippen molar-refractivity contribution in [3.05, 3.63) is 53.9 Å². The summed E-state index contributed by atoms with van der Waals surface area (Å²) in [6.07, 6.45) is 7.18. The zero-order valence-electron chi connectivity index (χ0n) is 13.6. The van der Waals surface area contributed by atoms with Crippen molar-refractivity contribution in [1.29, 1.82) is 0 Å². The van der Waals surface area contributed by atoms with Gasteiger partial charge in [0, 0.05) is 25.8 Å². The lowest BCUT2D eigenvalue weighted by Gasteiger charge is -2.36. The maximum atomic E-state index is 12.8. The van der Waals surface area contributed by atoms with Crippen molar-refractivity contribution < 1.29 is 9.90 Å². The van der Waals surface area contributed by atoms with E-state index in [-0.39, 0.29) is 5.91 Å². The lowest BCUT2D eigenvalue weighted by molar-refractivity contribution is 0.0592. The number of rotatable bonds is 4. The molecule has 0 spiro atoms. The quantitative estimate of drug-likeness (QED) is 0.941. The minimum Gasteiger partial charge on any atom is -0.508 e. The molecule has 4 nitrogen and oxygen atoms in total. The highest BCUT2D eigenvalue weighted by Gasteiger charge is 2.28. The first-order valence-electron chi connectivity index (χ1n) is 8.35. The summed E-state index contributed by atoms with van der Waals surface area (Å²) in [4.78, 5) is 14.9. The van der Waals surface area contributed by atoms with Crippen molar-refractivity contribution in [2.75, 3.05) is 6.54 Å². The van der Waals surface area contributed by atoms with E-state index in [0.717, 1.165) is 37.9 Å². The van der Waals surface area contributed by atoms with Crippen LogP contribution in [0.1, 0.15) is 41.7 Å². The van der Waals surface area contributed by atoms with E-state index in [0.29, 0.717) is 11.8 Å². The Morgan fingerprint density at radius 3 is 2.70 bits per heavy atom. The van der Waals surface area contributed by atoms with Crippen molar-refractivity contribution in [2.24, 2.45) is 7.05 Å². The summed E-state index contributed by atoms with van der Waals surface area (Å²) >= 11 is 0. The van der Waals surface area contributed by atoms with Gasteiger partial charge < -0.3 is 14.6 Å². The van der Waals surface area contributed by atoms with Gasteiger partial charge >= 0.3 is 0 Å². The van der Waals surface area contributed by atoms with Crippen molar-refractivity contribution >= 4 is 5.91 Å². The van der Waals surface area contributed by atoms with Gasteiger partial charge in [-0.2, -0.15) is 0 Å². The van der Waals surface area contributed by atoms with E-state index in [4.69, 9.17) is 0 Å². The molecule has 0 aliphatic carbocycles. The number of hydrogen-bond donors (Lipinski definition) is 1. The van der Waals surface area contributed by atoms with Crippen LogP contribution in [0, 0.1) is 0 Å². The van der Waals surface area contributed by atoms with Gasteiger partial charge in [-0.1, -0.05) is 12.1 Å². The largest absolute Gasteiger partial charge is 0.508 e. The predicted octanol–water partition coefficient (Wildman–Crippen LogP) is 3.36. The molecule has 23 heavy (non-hydrogen) atoms. The van der Waals surface area contributed by atoms with Gasteiger partial charge in [0.1, 0.15) is 11.4 Å². The Hall–Kier alpha value is -2.23. The minimum atomic E-state index is 0.146. The van der Waals surface area contributed by atoms with Gasteiger partial charge in [0.15, 0.2) is 0 Å². The highest BCUT2D eigenvalue weighted by Crippen LogP contribution is 2.24. The van der Waals surface area contributed by atoms with Crippen molar-refractivity contribution in [3.8, 4) is 5.75 Å². The van der Waals surface area contributed by atoms with Gasteiger partial charge in [-0.3, -0.25) is 4.79 Å². The Bertz CT molecular complexity index is 660. The maximum Gasteiger partial charge on any atom is 0.270 e. The standard InChI is InChI=1S/C19H24N2O2/c1-20-13-4-6-18(20)19(23)21-14-3-2-5-16(21)10-7-15-8-11-17(22)12-9-15/h4,6,8-9,11-13,16,22H,2-3,5,7,10,14H2,1H3/t16-/m0/s1. The van der Waals surface area contributed by atoms with E-state index in [9.17, 15) is 9.90 Å². The van der Waals surface area contributed by atoms with E-state index < -0.39 is 0 Å². The Kier molecular flexibility index (Phi) is 4.70. The number of phenols is 1. The number of carbonyl (C=O) groups is 1. The lowest BCUT2D eigenvalue weighted by atomic mass is 9.95. The van der Waals surface area contributed by atoms with Crippen LogP contribution in [-0.4, -0.2) is 33.1 Å². The van der Waals surface area contributed by atoms with Crippen LogP contribution in [0.15, 0.2) is 42.6 Å². The number of aryl methyl sites for hydroxylation is 2. The second-order valence-corrected chi connectivity index (χ2v) is 6.36. The molecule has 1 atom stereocenters. The number of phenolic OH excluding ortho intramolecular Hbond substituents is 1. The van der Waals surface area contributed by atoms with E-state index in [2.05, 4.69) is 4.90 Å². The summed E-state index contributed by atoms with van der Waals surface area (Å²) in [5.74, 6) is 0.444. The number of aromatic hydroxyl groups is 1. The van der Waals surface area contributed by atoms with E-state index in [1.807, 2.05) is 42.1 Å². The molecule has 1 aliphatic heterocycles. The molecule has 3 rings (SSSR count). The number of benzene rings is 1. The average Bonchev–Trinajstić information content (AvgIpc) is 3.00. The Labute approximate surface area is 137 Å². The average molecular weight is 312 g/mol. The molecule has 2 heterocycles. The SMILES string of the molecule is Cn1cccc1C(=O)N1CCCC[C@H]1CCc1ccc(O)cc1. The fourth-order valence-electron chi connectivity index (χ4n) is 3.39. The third-order valence-corrected chi connectivity index (χ3v) is 4.75. The molecule has 1 saturated heterocycles. The van der Waals surface area contributed by atoms with Gasteiger partial charge in [0.05, 0.1) is 0 Å². The van der Waals surface area contributed by atoms with Crippen LogP contribution in [0.2, 0.25) is 0 Å². The Morgan fingerprint density at radius 1 is 1.22 bits per heavy atom. The van der Waals surface area contributed by atoms with Crippen LogP contribution < -0.4 is 0 Å². The molecule has 1 aliphatic rings. The molecule has 0 bridgehead atoms. The highest BCUT2D eigenvalue weighted by molar-refractivity contribution is 5.93. The summed E-state index contributed by atoms with van der Waals surface area (Å²) in [6.45, 7) is 0.851. The predicted molar refractivity (Wildman–Crippen MR) is 90.5 cm³/mol. The molecule has 0 unspecified atom stereocenters. The van der Waals surface area contributed by atoms with E-state index >= 15 is 0 Å². The minimum absolute atomic E-state index is 0.146. The Morgan fingerprint density at radius 2 is 2.00 bits per heavy atom. The van der Waals surface area contributed by atoms with Gasteiger partial charge in [-0.05, 0) is 61.9 Å². The summed E-state index contributed by atoms with van der Waals surface area (Å²) in [5.41, 5.74) is 1.97. The highest BCUT2D eigenvalue weighted by atomic mass is 16.3. The third kappa shape index (κ3) is 3.58. The van der Waals surface area contributed by atoms with Crippen LogP contribution in [0.25, 0.3) is 0 Å². The third-order valence-electron chi connectivity index (χ3n) is 4.75. The first-order chi connectivity index (χ1) is 11.1. The summed E-state index contributed by atoms with van der Waals surface area (Å²) in [5, 5.41) is 9.36. The van der Waals surface area contributed by atoms with E-state index in [1.54, 1.807) is 12.1 Å². The first kappa shape index (κ1) is 15.7. The summed E-state index contributed by atoms with van der Waals surface area (Å²) in [7, 11) is 1.92. The molecule has 4 heteroatoms. The maximum absolute atomic E-state index is 12.8. The monoisotopic (exact) mass is 312 g/mol. The molecule has 1 aromatic heterocycles. The van der Waals surface area contributed by atoms with Crippen LogP contribution >= 0.6 is 0 Å². The van der Waals surface area contributed by atoms with Gasteiger partial charge in [-0.15, -0.1) is 0 Å². The molecule has 122 valence electrons. The van der Waals surface area contributed by atoms with Gasteiger partial charge in [-0.25, -0.2) is 0 Å².